The highest BCUT2D eigenvalue weighted by Gasteiger charge is 2.41. The van der Waals surface area contributed by atoms with Crippen LogP contribution in [0.5, 0.6) is 5.75 Å². The molecule has 3 aromatic carbocycles. The van der Waals surface area contributed by atoms with E-state index >= 15 is 0 Å². The predicted octanol–water partition coefficient (Wildman–Crippen LogP) is 7.38. The smallest absolute Gasteiger partial charge is 0.328 e. The number of imidazole rings is 1. The van der Waals surface area contributed by atoms with Gasteiger partial charge in [0.05, 0.1) is 18.4 Å². The van der Waals surface area contributed by atoms with Crippen LogP contribution in [0.3, 0.4) is 0 Å². The minimum Gasteiger partial charge on any atom is -0.496 e. The van der Waals surface area contributed by atoms with Crippen LogP contribution in [0.25, 0.3) is 11.4 Å². The molecule has 4 aromatic rings. The lowest BCUT2D eigenvalue weighted by Gasteiger charge is -2.38. The highest BCUT2D eigenvalue weighted by Crippen LogP contribution is 2.46. The van der Waals surface area contributed by atoms with E-state index in [-0.39, 0.29) is 18.0 Å². The van der Waals surface area contributed by atoms with Gasteiger partial charge in [0.1, 0.15) is 17.6 Å². The van der Waals surface area contributed by atoms with E-state index in [9.17, 15) is 9.59 Å². The predicted molar refractivity (Wildman–Crippen MR) is 172 cm³/mol. The summed E-state index contributed by atoms with van der Waals surface area (Å²) in [5, 5.41) is 5.82. The fourth-order valence-corrected chi connectivity index (χ4v) is 6.01. The second-order valence-electron chi connectivity index (χ2n) is 11.3. The van der Waals surface area contributed by atoms with E-state index in [1.807, 2.05) is 11.8 Å². The summed E-state index contributed by atoms with van der Waals surface area (Å²) in [5.41, 5.74) is 8.47. The van der Waals surface area contributed by atoms with Gasteiger partial charge in [-0.25, -0.2) is 9.78 Å². The summed E-state index contributed by atoms with van der Waals surface area (Å²) >= 11 is 0. The van der Waals surface area contributed by atoms with Gasteiger partial charge < -0.3 is 14.6 Å². The lowest BCUT2D eigenvalue weighted by atomic mass is 9.92. The number of amides is 3. The molecule has 5 rings (SSSR count). The van der Waals surface area contributed by atoms with Gasteiger partial charge >= 0.3 is 6.03 Å². The first kappa shape index (κ1) is 29.9. The molecule has 1 atom stereocenters. The summed E-state index contributed by atoms with van der Waals surface area (Å²) in [6, 6.07) is 17.4. The van der Waals surface area contributed by atoms with Crippen LogP contribution < -0.4 is 20.3 Å². The van der Waals surface area contributed by atoms with Crippen LogP contribution in [0.15, 0.2) is 54.6 Å². The number of methoxy groups -OCH3 is 1. The van der Waals surface area contributed by atoms with Crippen molar-refractivity contribution in [3.8, 4) is 17.1 Å². The van der Waals surface area contributed by atoms with Crippen LogP contribution in [-0.4, -0.2) is 35.6 Å². The number of aryl methyl sites for hydroxylation is 4. The van der Waals surface area contributed by atoms with Crippen LogP contribution in [0, 0.1) is 13.8 Å². The molecule has 8 heteroatoms. The van der Waals surface area contributed by atoms with Gasteiger partial charge in [0.2, 0.25) is 0 Å². The molecule has 0 aliphatic carbocycles. The average Bonchev–Trinajstić information content (AvgIpc) is 3.39. The quantitative estimate of drug-likeness (QED) is 0.228. The molecular formula is C35H41N5O3. The Bertz CT molecular complexity index is 1700. The summed E-state index contributed by atoms with van der Waals surface area (Å²) < 4.78 is 7.93. The Morgan fingerprint density at radius 1 is 1.00 bits per heavy atom. The molecule has 1 aliphatic rings. The molecule has 1 aromatic heterocycles. The van der Waals surface area contributed by atoms with E-state index in [0.717, 1.165) is 46.5 Å². The van der Waals surface area contributed by atoms with Gasteiger partial charge in [0.25, 0.3) is 5.91 Å². The molecule has 43 heavy (non-hydrogen) atoms. The number of anilines is 2. The van der Waals surface area contributed by atoms with Crippen molar-refractivity contribution in [1.29, 1.82) is 0 Å². The van der Waals surface area contributed by atoms with Crippen molar-refractivity contribution in [2.24, 2.45) is 0 Å². The van der Waals surface area contributed by atoms with E-state index in [1.165, 1.54) is 5.56 Å². The number of aromatic nitrogens is 2. The maximum Gasteiger partial charge on any atom is 0.328 e. The SMILES string of the molecule is CCc1ccc(C2c3c(nc(-c4cc(C(=O)NC)ccc4OC)n3C(C)C)NC(=O)N2c2cc(CC)ccc2C)c(C)c1. The van der Waals surface area contributed by atoms with Crippen molar-refractivity contribution >= 4 is 23.4 Å². The molecule has 0 fully saturated rings. The Balaban J connectivity index is 1.84. The van der Waals surface area contributed by atoms with E-state index in [4.69, 9.17) is 9.72 Å². The molecule has 0 radical (unpaired) electrons. The lowest BCUT2D eigenvalue weighted by molar-refractivity contribution is 0.0963. The molecule has 0 bridgehead atoms. The Morgan fingerprint density at radius 3 is 2.33 bits per heavy atom. The van der Waals surface area contributed by atoms with Crippen LogP contribution in [0.2, 0.25) is 0 Å². The highest BCUT2D eigenvalue weighted by molar-refractivity contribution is 6.06. The Hall–Kier alpha value is -4.59. The fourth-order valence-electron chi connectivity index (χ4n) is 6.01. The Kier molecular flexibility index (Phi) is 8.31. The first-order chi connectivity index (χ1) is 20.6. The average molecular weight is 580 g/mol. The normalized spacial score (nSPS) is 14.5. The first-order valence-electron chi connectivity index (χ1n) is 14.9. The van der Waals surface area contributed by atoms with Crippen LogP contribution in [0.4, 0.5) is 16.3 Å². The minimum absolute atomic E-state index is 0.0303. The zero-order valence-corrected chi connectivity index (χ0v) is 26.3. The largest absolute Gasteiger partial charge is 0.496 e. The molecule has 224 valence electrons. The van der Waals surface area contributed by atoms with Gasteiger partial charge in [-0.05, 0) is 92.6 Å². The summed E-state index contributed by atoms with van der Waals surface area (Å²) in [6.45, 7) is 12.6. The topological polar surface area (TPSA) is 88.5 Å². The number of hydrogen-bond acceptors (Lipinski definition) is 4. The zero-order valence-electron chi connectivity index (χ0n) is 26.3. The van der Waals surface area contributed by atoms with E-state index in [1.54, 1.807) is 32.4 Å². The Morgan fingerprint density at radius 2 is 1.70 bits per heavy atom. The van der Waals surface area contributed by atoms with Crippen molar-refractivity contribution in [3.05, 3.63) is 93.7 Å². The Labute approximate surface area is 254 Å². The standard InChI is InChI=1S/C35H41N5O3/c1-9-23-13-15-26(22(6)17-23)30-31-32(38-35(42)40(30)28-18-24(10-2)12-11-21(28)5)37-33(39(31)20(3)4)27-19-25(34(41)36-7)14-16-29(27)43-8/h11-20,30H,9-10H2,1-8H3,(H,36,41)(H,38,42). The molecule has 0 saturated heterocycles. The van der Waals surface area contributed by atoms with Crippen LogP contribution in [0.1, 0.15) is 83.6 Å². The van der Waals surface area contributed by atoms with E-state index in [0.29, 0.717) is 28.5 Å². The molecule has 8 nitrogen and oxygen atoms in total. The number of carbonyl (C=O) groups excluding carboxylic acids is 2. The van der Waals surface area contributed by atoms with Crippen molar-refractivity contribution in [1.82, 2.24) is 14.9 Å². The number of carbonyl (C=O) groups is 2. The molecule has 3 amide bonds. The van der Waals surface area contributed by atoms with Crippen molar-refractivity contribution in [3.63, 3.8) is 0 Å². The third-order valence-corrected chi connectivity index (χ3v) is 8.33. The van der Waals surface area contributed by atoms with Crippen molar-refractivity contribution in [2.75, 3.05) is 24.4 Å². The van der Waals surface area contributed by atoms with Crippen molar-refractivity contribution < 1.29 is 14.3 Å². The van der Waals surface area contributed by atoms with Crippen LogP contribution >= 0.6 is 0 Å². The second-order valence-corrected chi connectivity index (χ2v) is 11.3. The summed E-state index contributed by atoms with van der Waals surface area (Å²) in [4.78, 5) is 33.7. The first-order valence-corrected chi connectivity index (χ1v) is 14.9. The molecular weight excluding hydrogens is 538 g/mol. The van der Waals surface area contributed by atoms with Crippen LogP contribution in [-0.2, 0) is 12.8 Å². The van der Waals surface area contributed by atoms with Gasteiger partial charge in [0, 0.05) is 24.3 Å². The van der Waals surface area contributed by atoms with E-state index in [2.05, 4.69) is 86.2 Å². The maximum absolute atomic E-state index is 14.1. The highest BCUT2D eigenvalue weighted by atomic mass is 16.5. The monoisotopic (exact) mass is 579 g/mol. The van der Waals surface area contributed by atoms with Gasteiger partial charge in [0.15, 0.2) is 5.82 Å². The summed E-state index contributed by atoms with van der Waals surface area (Å²) in [7, 11) is 3.21. The molecule has 0 saturated carbocycles. The number of rotatable bonds is 8. The number of nitrogens with zero attached hydrogens (tertiary/aromatic N) is 3. The van der Waals surface area contributed by atoms with E-state index < -0.39 is 6.04 Å². The number of ether oxygens (including phenoxy) is 1. The van der Waals surface area contributed by atoms with Gasteiger partial charge in [-0.3, -0.25) is 15.0 Å². The summed E-state index contributed by atoms with van der Waals surface area (Å²) in [5.74, 6) is 1.51. The maximum atomic E-state index is 14.1. The number of benzene rings is 3. The molecule has 2 heterocycles. The fraction of sp³-hybridized carbons (Fsp3) is 0.343. The van der Waals surface area contributed by atoms with Gasteiger partial charge in [-0.2, -0.15) is 0 Å². The molecule has 2 N–H and O–H groups in total. The zero-order chi connectivity index (χ0) is 31.0. The van der Waals surface area contributed by atoms with Gasteiger partial charge in [-0.1, -0.05) is 44.2 Å². The number of nitrogens with one attached hydrogen (secondary N) is 2. The number of fused-ring (bicyclic) bond motifs is 1. The van der Waals surface area contributed by atoms with Crippen molar-refractivity contribution in [2.45, 2.75) is 66.5 Å². The second kappa shape index (κ2) is 12.0. The summed E-state index contributed by atoms with van der Waals surface area (Å²) in [6.07, 6.45) is 1.78. The third kappa shape index (κ3) is 5.26. The molecule has 0 spiro atoms. The lowest BCUT2D eigenvalue weighted by Crippen LogP contribution is -2.44. The number of hydrogen-bond donors (Lipinski definition) is 2. The van der Waals surface area contributed by atoms with Gasteiger partial charge in [-0.15, -0.1) is 0 Å². The molecule has 1 unspecified atom stereocenters. The molecule has 1 aliphatic heterocycles. The third-order valence-electron chi connectivity index (χ3n) is 8.33. The number of urea groups is 1. The minimum atomic E-state index is -0.447.